The molecule has 160 valence electrons. The van der Waals surface area contributed by atoms with E-state index >= 15 is 0 Å². The molecule has 3 rings (SSSR count). The van der Waals surface area contributed by atoms with Crippen LogP contribution in [0.4, 0.5) is 0 Å². The average molecular weight is 435 g/mol. The predicted molar refractivity (Wildman–Crippen MR) is 126 cm³/mol. The van der Waals surface area contributed by atoms with E-state index in [0.717, 1.165) is 38.3 Å². The maximum atomic E-state index is 12.3. The SMILES string of the molecule is CNC(=O)c1ccc(C=CC(=O)NCc2sccc2-c2ccc(C)c(CO)c2C)cc1. The molecule has 0 aliphatic carbocycles. The number of carbonyl (C=O) groups is 2. The summed E-state index contributed by atoms with van der Waals surface area (Å²) in [4.78, 5) is 25.0. The molecule has 0 unspecified atom stereocenters. The first-order valence-corrected chi connectivity index (χ1v) is 10.9. The van der Waals surface area contributed by atoms with Gasteiger partial charge in [0.1, 0.15) is 0 Å². The van der Waals surface area contributed by atoms with Crippen molar-refractivity contribution in [3.8, 4) is 11.1 Å². The molecule has 0 aliphatic rings. The Balaban J connectivity index is 1.67. The van der Waals surface area contributed by atoms with Gasteiger partial charge in [0.25, 0.3) is 5.91 Å². The average Bonchev–Trinajstić information content (AvgIpc) is 3.24. The lowest BCUT2D eigenvalue weighted by atomic mass is 9.94. The van der Waals surface area contributed by atoms with E-state index in [1.165, 1.54) is 6.08 Å². The molecule has 0 saturated carbocycles. The van der Waals surface area contributed by atoms with Crippen LogP contribution in [0, 0.1) is 13.8 Å². The molecule has 2 aromatic carbocycles. The maximum Gasteiger partial charge on any atom is 0.251 e. The summed E-state index contributed by atoms with van der Waals surface area (Å²) in [7, 11) is 1.59. The minimum absolute atomic E-state index is 0.0105. The van der Waals surface area contributed by atoms with E-state index in [1.807, 2.05) is 25.3 Å². The number of rotatable bonds is 7. The number of aliphatic hydroxyl groups is 1. The highest BCUT2D eigenvalue weighted by Gasteiger charge is 2.13. The number of benzene rings is 2. The summed E-state index contributed by atoms with van der Waals surface area (Å²) >= 11 is 1.59. The molecule has 31 heavy (non-hydrogen) atoms. The predicted octanol–water partition coefficient (Wildman–Crippen LogP) is 4.21. The normalized spacial score (nSPS) is 11.0. The third kappa shape index (κ3) is 5.29. The Morgan fingerprint density at radius 3 is 2.45 bits per heavy atom. The summed E-state index contributed by atoms with van der Waals surface area (Å²) in [6, 6.07) is 13.2. The lowest BCUT2D eigenvalue weighted by molar-refractivity contribution is -0.116. The maximum absolute atomic E-state index is 12.3. The van der Waals surface area contributed by atoms with Crippen molar-refractivity contribution in [1.29, 1.82) is 0 Å². The molecule has 3 aromatic rings. The zero-order valence-corrected chi connectivity index (χ0v) is 18.7. The van der Waals surface area contributed by atoms with Gasteiger partial charge in [-0.15, -0.1) is 11.3 Å². The number of nitrogens with one attached hydrogen (secondary N) is 2. The molecule has 0 radical (unpaired) electrons. The number of carbonyl (C=O) groups excluding carboxylic acids is 2. The first-order chi connectivity index (χ1) is 14.9. The van der Waals surface area contributed by atoms with E-state index in [9.17, 15) is 14.7 Å². The summed E-state index contributed by atoms with van der Waals surface area (Å²) in [5.41, 5.74) is 6.65. The minimum atomic E-state index is -0.189. The molecule has 3 N–H and O–H groups in total. The van der Waals surface area contributed by atoms with E-state index in [-0.39, 0.29) is 18.4 Å². The number of amides is 2. The molecule has 0 saturated heterocycles. The highest BCUT2D eigenvalue weighted by molar-refractivity contribution is 7.10. The number of aliphatic hydroxyl groups excluding tert-OH is 1. The number of hydrogen-bond acceptors (Lipinski definition) is 4. The summed E-state index contributed by atoms with van der Waals surface area (Å²) in [5, 5.41) is 17.2. The standard InChI is InChI=1S/C25H26N2O3S/c1-16-4-10-20(17(2)22(16)15-28)21-12-13-31-23(21)14-27-24(29)11-7-18-5-8-19(9-6-18)25(30)26-3/h4-13,28H,14-15H2,1-3H3,(H,26,30)(H,27,29). The second-order valence-corrected chi connectivity index (χ2v) is 8.20. The lowest BCUT2D eigenvalue weighted by Crippen LogP contribution is -2.20. The number of thiophene rings is 1. The van der Waals surface area contributed by atoms with Crippen molar-refractivity contribution in [2.75, 3.05) is 7.05 Å². The molecule has 0 spiro atoms. The van der Waals surface area contributed by atoms with Crippen LogP contribution in [0.1, 0.15) is 37.5 Å². The fourth-order valence-corrected chi connectivity index (χ4v) is 4.26. The quantitative estimate of drug-likeness (QED) is 0.488. The van der Waals surface area contributed by atoms with Crippen LogP contribution < -0.4 is 10.6 Å². The highest BCUT2D eigenvalue weighted by atomic mass is 32.1. The van der Waals surface area contributed by atoms with Crippen molar-refractivity contribution in [3.63, 3.8) is 0 Å². The first kappa shape index (κ1) is 22.5. The van der Waals surface area contributed by atoms with Gasteiger partial charge in [0.05, 0.1) is 13.2 Å². The van der Waals surface area contributed by atoms with Crippen molar-refractivity contribution in [1.82, 2.24) is 10.6 Å². The van der Waals surface area contributed by atoms with Gasteiger partial charge in [0.2, 0.25) is 5.91 Å². The van der Waals surface area contributed by atoms with E-state index in [1.54, 1.807) is 48.7 Å². The molecular weight excluding hydrogens is 408 g/mol. The molecule has 6 heteroatoms. The summed E-state index contributed by atoms with van der Waals surface area (Å²) < 4.78 is 0. The fourth-order valence-electron chi connectivity index (χ4n) is 3.43. The van der Waals surface area contributed by atoms with Gasteiger partial charge < -0.3 is 15.7 Å². The zero-order valence-electron chi connectivity index (χ0n) is 17.9. The van der Waals surface area contributed by atoms with Crippen LogP contribution in [-0.4, -0.2) is 24.0 Å². The summed E-state index contributed by atoms with van der Waals surface area (Å²) in [6.07, 6.45) is 3.21. The van der Waals surface area contributed by atoms with E-state index in [2.05, 4.69) is 22.8 Å². The van der Waals surface area contributed by atoms with Gasteiger partial charge in [-0.05, 0) is 76.9 Å². The molecule has 0 bridgehead atoms. The number of aryl methyl sites for hydroxylation is 1. The number of hydrogen-bond donors (Lipinski definition) is 3. The van der Waals surface area contributed by atoms with Gasteiger partial charge >= 0.3 is 0 Å². The van der Waals surface area contributed by atoms with Crippen LogP contribution in [0.3, 0.4) is 0 Å². The van der Waals surface area contributed by atoms with Crippen molar-refractivity contribution < 1.29 is 14.7 Å². The molecule has 5 nitrogen and oxygen atoms in total. The Kier molecular flexibility index (Phi) is 7.39. The third-order valence-corrected chi connectivity index (χ3v) is 6.20. The van der Waals surface area contributed by atoms with Gasteiger partial charge in [0.15, 0.2) is 0 Å². The summed E-state index contributed by atoms with van der Waals surface area (Å²) in [5.74, 6) is -0.332. The van der Waals surface area contributed by atoms with Gasteiger partial charge in [-0.2, -0.15) is 0 Å². The molecule has 0 atom stereocenters. The van der Waals surface area contributed by atoms with Gasteiger partial charge in [-0.25, -0.2) is 0 Å². The van der Waals surface area contributed by atoms with Crippen LogP contribution in [-0.2, 0) is 17.9 Å². The van der Waals surface area contributed by atoms with Crippen molar-refractivity contribution in [3.05, 3.63) is 86.6 Å². The molecule has 2 amide bonds. The van der Waals surface area contributed by atoms with Crippen molar-refractivity contribution in [2.24, 2.45) is 0 Å². The molecule has 0 aliphatic heterocycles. The fraction of sp³-hybridized carbons (Fsp3) is 0.200. The molecule has 1 aromatic heterocycles. The highest BCUT2D eigenvalue weighted by Crippen LogP contribution is 2.33. The van der Waals surface area contributed by atoms with Gasteiger partial charge in [0, 0.05) is 23.6 Å². The Bertz CT molecular complexity index is 1110. The van der Waals surface area contributed by atoms with E-state index < -0.39 is 0 Å². The topological polar surface area (TPSA) is 78.4 Å². The van der Waals surface area contributed by atoms with Crippen LogP contribution in [0.5, 0.6) is 0 Å². The van der Waals surface area contributed by atoms with Gasteiger partial charge in [-0.1, -0.05) is 24.3 Å². The van der Waals surface area contributed by atoms with Crippen molar-refractivity contribution >= 4 is 29.2 Å². The first-order valence-electron chi connectivity index (χ1n) is 9.99. The third-order valence-electron chi connectivity index (χ3n) is 5.28. The lowest BCUT2D eigenvalue weighted by Gasteiger charge is -2.13. The summed E-state index contributed by atoms with van der Waals surface area (Å²) in [6.45, 7) is 4.45. The Morgan fingerprint density at radius 1 is 1.03 bits per heavy atom. The van der Waals surface area contributed by atoms with E-state index in [4.69, 9.17) is 0 Å². The van der Waals surface area contributed by atoms with Crippen LogP contribution in [0.15, 0.2) is 53.9 Å². The molecule has 1 heterocycles. The monoisotopic (exact) mass is 434 g/mol. The molecule has 0 fully saturated rings. The molecular formula is C25H26N2O3S. The van der Waals surface area contributed by atoms with Crippen LogP contribution in [0.25, 0.3) is 17.2 Å². The van der Waals surface area contributed by atoms with Crippen LogP contribution >= 0.6 is 11.3 Å². The Hall–Kier alpha value is -3.22. The van der Waals surface area contributed by atoms with Crippen LogP contribution in [0.2, 0.25) is 0 Å². The second-order valence-electron chi connectivity index (χ2n) is 7.20. The van der Waals surface area contributed by atoms with Crippen molar-refractivity contribution in [2.45, 2.75) is 27.0 Å². The zero-order chi connectivity index (χ0) is 22.4. The Labute approximate surface area is 186 Å². The van der Waals surface area contributed by atoms with Gasteiger partial charge in [-0.3, -0.25) is 9.59 Å². The van der Waals surface area contributed by atoms with E-state index in [0.29, 0.717) is 12.1 Å². The Morgan fingerprint density at radius 2 is 1.77 bits per heavy atom. The smallest absolute Gasteiger partial charge is 0.251 e. The minimum Gasteiger partial charge on any atom is -0.392 e. The second kappa shape index (κ2) is 10.2. The largest absolute Gasteiger partial charge is 0.392 e.